The van der Waals surface area contributed by atoms with Gasteiger partial charge in [0.1, 0.15) is 0 Å². The first-order valence-corrected chi connectivity index (χ1v) is 8.72. The summed E-state index contributed by atoms with van der Waals surface area (Å²) in [5, 5.41) is 4.65. The Bertz CT molecular complexity index is 519. The van der Waals surface area contributed by atoms with Crippen LogP contribution in [0.3, 0.4) is 0 Å². The first-order valence-electron chi connectivity index (χ1n) is 8.72. The van der Waals surface area contributed by atoms with E-state index in [1.54, 1.807) is 0 Å². The normalized spacial score (nSPS) is 19.0. The molecule has 2 rings (SSSR count). The zero-order chi connectivity index (χ0) is 16.3. The van der Waals surface area contributed by atoms with Gasteiger partial charge in [0.25, 0.3) is 0 Å². The Labute approximate surface area is 134 Å². The summed E-state index contributed by atoms with van der Waals surface area (Å²) in [6.07, 6.45) is 4.99. The number of piperidine rings is 1. The molecule has 1 aliphatic heterocycles. The van der Waals surface area contributed by atoms with Crippen molar-refractivity contribution in [2.24, 2.45) is 5.92 Å². The number of aryl methyl sites for hydroxylation is 1. The van der Waals surface area contributed by atoms with E-state index in [1.165, 1.54) is 17.7 Å². The van der Waals surface area contributed by atoms with Gasteiger partial charge >= 0.3 is 0 Å². The third-order valence-electron chi connectivity index (χ3n) is 4.78. The molecule has 0 radical (unpaired) electrons. The van der Waals surface area contributed by atoms with E-state index < -0.39 is 0 Å². The van der Waals surface area contributed by atoms with Gasteiger partial charge in [0, 0.05) is 31.2 Å². The number of amides is 1. The minimum Gasteiger partial charge on any atom is -0.340 e. The predicted molar refractivity (Wildman–Crippen MR) is 89.9 cm³/mol. The van der Waals surface area contributed by atoms with E-state index in [2.05, 4.69) is 49.3 Å². The fourth-order valence-electron chi connectivity index (χ4n) is 3.46. The predicted octanol–water partition coefficient (Wildman–Crippen LogP) is 3.49. The molecule has 1 fully saturated rings. The number of nitrogens with zero attached hydrogens (tertiary/aromatic N) is 3. The van der Waals surface area contributed by atoms with Crippen LogP contribution < -0.4 is 0 Å². The summed E-state index contributed by atoms with van der Waals surface area (Å²) < 4.78 is 2.10. The van der Waals surface area contributed by atoms with E-state index in [0.717, 1.165) is 38.0 Å². The van der Waals surface area contributed by atoms with E-state index in [1.807, 2.05) is 0 Å². The minimum atomic E-state index is 0.308. The van der Waals surface area contributed by atoms with Crippen molar-refractivity contribution in [1.29, 1.82) is 0 Å². The molecule has 1 amide bonds. The van der Waals surface area contributed by atoms with Gasteiger partial charge in [0.2, 0.25) is 5.91 Å². The maximum absolute atomic E-state index is 12.5. The number of hydrogen-bond acceptors (Lipinski definition) is 2. The van der Waals surface area contributed by atoms with Crippen molar-refractivity contribution in [3.8, 4) is 0 Å². The van der Waals surface area contributed by atoms with Crippen LogP contribution in [0.2, 0.25) is 0 Å². The van der Waals surface area contributed by atoms with Crippen molar-refractivity contribution in [2.75, 3.05) is 6.54 Å². The molecular formula is C18H31N3O. The second-order valence-electron chi connectivity index (χ2n) is 7.16. The molecule has 1 aliphatic rings. The average Bonchev–Trinajstić information content (AvgIpc) is 2.71. The van der Waals surface area contributed by atoms with Crippen LogP contribution in [0.25, 0.3) is 0 Å². The lowest BCUT2D eigenvalue weighted by Gasteiger charge is -2.33. The Hall–Kier alpha value is -1.32. The highest BCUT2D eigenvalue weighted by molar-refractivity contribution is 5.77. The van der Waals surface area contributed by atoms with Crippen molar-refractivity contribution < 1.29 is 4.79 Å². The zero-order valence-corrected chi connectivity index (χ0v) is 14.9. The van der Waals surface area contributed by atoms with E-state index in [9.17, 15) is 4.79 Å². The molecule has 22 heavy (non-hydrogen) atoms. The molecular weight excluding hydrogens is 274 g/mol. The van der Waals surface area contributed by atoms with Gasteiger partial charge in [-0.2, -0.15) is 5.10 Å². The van der Waals surface area contributed by atoms with Crippen molar-refractivity contribution >= 4 is 5.91 Å². The first-order chi connectivity index (χ1) is 10.4. The van der Waals surface area contributed by atoms with Crippen molar-refractivity contribution in [3.63, 3.8) is 0 Å². The van der Waals surface area contributed by atoms with Gasteiger partial charge in [0.15, 0.2) is 0 Å². The lowest BCUT2D eigenvalue weighted by molar-refractivity contribution is -0.134. The fraction of sp³-hybridized carbons (Fsp3) is 0.778. The molecule has 1 aromatic heterocycles. The second kappa shape index (κ2) is 7.30. The maximum Gasteiger partial charge on any atom is 0.223 e. The van der Waals surface area contributed by atoms with Crippen LogP contribution in [0.5, 0.6) is 0 Å². The first kappa shape index (κ1) is 17.0. The number of carbonyl (C=O) groups is 1. The quantitative estimate of drug-likeness (QED) is 0.835. The Morgan fingerprint density at radius 2 is 2.05 bits per heavy atom. The van der Waals surface area contributed by atoms with Crippen LogP contribution >= 0.6 is 0 Å². The number of aromatic nitrogens is 2. The Kier molecular flexibility index (Phi) is 5.65. The smallest absolute Gasteiger partial charge is 0.223 e. The summed E-state index contributed by atoms with van der Waals surface area (Å²) in [5.41, 5.74) is 3.57. The van der Waals surface area contributed by atoms with Crippen molar-refractivity contribution in [3.05, 3.63) is 17.0 Å². The molecule has 0 saturated carbocycles. The minimum absolute atomic E-state index is 0.308. The molecule has 0 spiro atoms. The number of likely N-dealkylation sites (tertiary alicyclic amines) is 1. The topological polar surface area (TPSA) is 38.1 Å². The molecule has 0 bridgehead atoms. The Morgan fingerprint density at radius 1 is 1.32 bits per heavy atom. The third-order valence-corrected chi connectivity index (χ3v) is 4.78. The summed E-state index contributed by atoms with van der Waals surface area (Å²) >= 11 is 0. The highest BCUT2D eigenvalue weighted by Crippen LogP contribution is 2.20. The van der Waals surface area contributed by atoms with E-state index in [-0.39, 0.29) is 0 Å². The van der Waals surface area contributed by atoms with Crippen LogP contribution in [0.4, 0.5) is 0 Å². The summed E-state index contributed by atoms with van der Waals surface area (Å²) in [5.74, 6) is 0.893. The highest BCUT2D eigenvalue weighted by atomic mass is 16.2. The lowest BCUT2D eigenvalue weighted by Crippen LogP contribution is -2.42. The standard InChI is InChI=1S/C18H31N3O/c1-13(2)12-21-16(5)17(15(4)19-21)9-10-18(22)20-11-7-6-8-14(20)3/h13-14H,6-12H2,1-5H3. The van der Waals surface area contributed by atoms with Gasteiger partial charge in [0.05, 0.1) is 5.69 Å². The van der Waals surface area contributed by atoms with Crippen LogP contribution in [0.15, 0.2) is 0 Å². The molecule has 0 aromatic carbocycles. The van der Waals surface area contributed by atoms with Gasteiger partial charge in [-0.05, 0) is 57.9 Å². The lowest BCUT2D eigenvalue weighted by atomic mass is 10.0. The van der Waals surface area contributed by atoms with Crippen LogP contribution in [-0.4, -0.2) is 33.2 Å². The maximum atomic E-state index is 12.5. The molecule has 1 unspecified atom stereocenters. The summed E-state index contributed by atoms with van der Waals surface area (Å²) in [6, 6.07) is 0.409. The van der Waals surface area contributed by atoms with Gasteiger partial charge in [-0.3, -0.25) is 9.48 Å². The van der Waals surface area contributed by atoms with Gasteiger partial charge in [-0.25, -0.2) is 0 Å². The summed E-state index contributed by atoms with van der Waals surface area (Å²) in [6.45, 7) is 12.7. The molecule has 1 atom stereocenters. The SMILES string of the molecule is Cc1nn(CC(C)C)c(C)c1CCC(=O)N1CCCCC1C. The van der Waals surface area contributed by atoms with Gasteiger partial charge in [-0.15, -0.1) is 0 Å². The number of hydrogen-bond donors (Lipinski definition) is 0. The van der Waals surface area contributed by atoms with Crippen LogP contribution in [0, 0.1) is 19.8 Å². The Morgan fingerprint density at radius 3 is 2.68 bits per heavy atom. The number of carbonyl (C=O) groups excluding carboxylic acids is 1. The largest absolute Gasteiger partial charge is 0.340 e. The summed E-state index contributed by atoms with van der Waals surface area (Å²) in [4.78, 5) is 14.6. The second-order valence-corrected chi connectivity index (χ2v) is 7.16. The van der Waals surface area contributed by atoms with Crippen LogP contribution in [0.1, 0.15) is 63.4 Å². The monoisotopic (exact) mass is 305 g/mol. The molecule has 2 heterocycles. The molecule has 4 heteroatoms. The van der Waals surface area contributed by atoms with E-state index in [4.69, 9.17) is 0 Å². The molecule has 1 saturated heterocycles. The summed E-state index contributed by atoms with van der Waals surface area (Å²) in [7, 11) is 0. The van der Waals surface area contributed by atoms with E-state index in [0.29, 0.717) is 24.3 Å². The highest BCUT2D eigenvalue weighted by Gasteiger charge is 2.23. The van der Waals surface area contributed by atoms with Crippen molar-refractivity contribution in [2.45, 2.75) is 79.3 Å². The van der Waals surface area contributed by atoms with Gasteiger partial charge in [-0.1, -0.05) is 13.8 Å². The molecule has 0 aliphatic carbocycles. The third kappa shape index (κ3) is 3.90. The molecule has 4 nitrogen and oxygen atoms in total. The molecule has 0 N–H and O–H groups in total. The average molecular weight is 305 g/mol. The number of rotatable bonds is 5. The van der Waals surface area contributed by atoms with Crippen molar-refractivity contribution in [1.82, 2.24) is 14.7 Å². The zero-order valence-electron chi connectivity index (χ0n) is 14.9. The fourth-order valence-corrected chi connectivity index (χ4v) is 3.46. The molecule has 124 valence electrons. The van der Waals surface area contributed by atoms with E-state index >= 15 is 0 Å². The van der Waals surface area contributed by atoms with Gasteiger partial charge < -0.3 is 4.90 Å². The van der Waals surface area contributed by atoms with Crippen LogP contribution in [-0.2, 0) is 17.8 Å². The Balaban J connectivity index is 1.99. The molecule has 1 aromatic rings.